The lowest BCUT2D eigenvalue weighted by atomic mass is 9.95. The largest absolute Gasteiger partial charge is 0.0871 e. The van der Waals surface area contributed by atoms with Gasteiger partial charge in [-0.1, -0.05) is 98.3 Å². The molecule has 0 saturated heterocycles. The van der Waals surface area contributed by atoms with Crippen molar-refractivity contribution in [3.63, 3.8) is 0 Å². The second-order valence-corrected chi connectivity index (χ2v) is 7.39. The van der Waals surface area contributed by atoms with E-state index in [2.05, 4.69) is 119 Å². The Bertz CT molecular complexity index is 953. The third-order valence-corrected chi connectivity index (χ3v) is 4.64. The molecule has 0 radical (unpaired) electrons. The van der Waals surface area contributed by atoms with Gasteiger partial charge >= 0.3 is 0 Å². The lowest BCUT2D eigenvalue weighted by Crippen LogP contribution is -1.88. The zero-order valence-corrected chi connectivity index (χ0v) is 16.7. The maximum Gasteiger partial charge on any atom is -0.0178 e. The average Bonchev–Trinajstić information content (AvgIpc) is 2.68. The van der Waals surface area contributed by atoms with Crippen molar-refractivity contribution in [2.45, 2.75) is 27.7 Å². The van der Waals surface area contributed by atoms with Gasteiger partial charge in [-0.25, -0.2) is 0 Å². The quantitative estimate of drug-likeness (QED) is 0.409. The molecule has 0 aromatic heterocycles. The molecule has 0 N–H and O–H groups in total. The lowest BCUT2D eigenvalue weighted by Gasteiger charge is -2.10. The van der Waals surface area contributed by atoms with Crippen LogP contribution in [0.1, 0.15) is 31.9 Å². The molecule has 0 heterocycles. The van der Waals surface area contributed by atoms with E-state index in [0.717, 1.165) is 0 Å². The van der Waals surface area contributed by atoms with E-state index in [1.54, 1.807) is 0 Å². The van der Waals surface area contributed by atoms with Crippen molar-refractivity contribution < 1.29 is 0 Å². The summed E-state index contributed by atoms with van der Waals surface area (Å²) in [5.41, 5.74) is 8.84. The van der Waals surface area contributed by atoms with Crippen LogP contribution in [0.3, 0.4) is 0 Å². The van der Waals surface area contributed by atoms with Crippen LogP contribution in [0.2, 0.25) is 0 Å². The van der Waals surface area contributed by atoms with Crippen molar-refractivity contribution in [3.8, 4) is 22.3 Å². The summed E-state index contributed by atoms with van der Waals surface area (Å²) in [6, 6.07) is 26.4. The Balaban J connectivity index is 2.00. The van der Waals surface area contributed by atoms with Gasteiger partial charge in [0.15, 0.2) is 0 Å². The van der Waals surface area contributed by atoms with Gasteiger partial charge in [0.2, 0.25) is 0 Å². The van der Waals surface area contributed by atoms with Crippen LogP contribution in [-0.4, -0.2) is 0 Å². The smallest absolute Gasteiger partial charge is 0.0178 e. The molecule has 0 fully saturated rings. The molecule has 0 amide bonds. The van der Waals surface area contributed by atoms with E-state index in [1.807, 2.05) is 0 Å². The van der Waals surface area contributed by atoms with Crippen LogP contribution in [0.4, 0.5) is 0 Å². The minimum absolute atomic E-state index is 0.518. The molecule has 0 bridgehead atoms. The van der Waals surface area contributed by atoms with Gasteiger partial charge in [-0.05, 0) is 65.3 Å². The first-order valence-electron chi connectivity index (χ1n) is 9.69. The lowest BCUT2D eigenvalue weighted by molar-refractivity contribution is 0.834. The fraction of sp³-hybridized carbons (Fsp3) is 0.185. The summed E-state index contributed by atoms with van der Waals surface area (Å²) in [5, 5.41) is 0. The second kappa shape index (κ2) is 8.68. The highest BCUT2D eigenvalue weighted by Gasteiger charge is 2.05. The Morgan fingerprint density at radius 3 is 1.96 bits per heavy atom. The van der Waals surface area contributed by atoms with Crippen molar-refractivity contribution in [1.29, 1.82) is 0 Å². The molecule has 3 aromatic rings. The summed E-state index contributed by atoms with van der Waals surface area (Å²) < 4.78 is 0. The van der Waals surface area contributed by atoms with Crippen molar-refractivity contribution >= 4 is 5.57 Å². The molecule has 0 nitrogen and oxygen atoms in total. The fourth-order valence-electron chi connectivity index (χ4n) is 3.29. The van der Waals surface area contributed by atoms with Crippen LogP contribution in [0.25, 0.3) is 27.8 Å². The third kappa shape index (κ3) is 4.86. The number of aryl methyl sites for hydroxylation is 1. The SMILES string of the molecule is C/C=C\C(=C/C(C)C)c1cccc(-c2cccc(-c3ccc(C)cc3)c2)c1. The van der Waals surface area contributed by atoms with Gasteiger partial charge in [-0.15, -0.1) is 0 Å². The molecule has 136 valence electrons. The van der Waals surface area contributed by atoms with Gasteiger partial charge in [-0.2, -0.15) is 0 Å². The molecule has 0 aliphatic carbocycles. The van der Waals surface area contributed by atoms with E-state index in [4.69, 9.17) is 0 Å². The molecular formula is C27H28. The molecule has 0 unspecified atom stereocenters. The zero-order valence-electron chi connectivity index (χ0n) is 16.7. The molecule has 0 heteroatoms. The minimum atomic E-state index is 0.518. The molecule has 27 heavy (non-hydrogen) atoms. The van der Waals surface area contributed by atoms with Crippen LogP contribution in [0.5, 0.6) is 0 Å². The van der Waals surface area contributed by atoms with Gasteiger partial charge in [-0.3, -0.25) is 0 Å². The second-order valence-electron chi connectivity index (χ2n) is 7.39. The van der Waals surface area contributed by atoms with E-state index in [0.29, 0.717) is 5.92 Å². The first-order chi connectivity index (χ1) is 13.1. The molecule has 0 atom stereocenters. The summed E-state index contributed by atoms with van der Waals surface area (Å²) in [4.78, 5) is 0. The Morgan fingerprint density at radius 2 is 1.33 bits per heavy atom. The third-order valence-electron chi connectivity index (χ3n) is 4.64. The summed E-state index contributed by atoms with van der Waals surface area (Å²) in [6.45, 7) is 8.64. The number of hydrogen-bond donors (Lipinski definition) is 0. The summed E-state index contributed by atoms with van der Waals surface area (Å²) >= 11 is 0. The average molecular weight is 353 g/mol. The van der Waals surface area contributed by atoms with Crippen LogP contribution >= 0.6 is 0 Å². The first kappa shape index (κ1) is 18.9. The van der Waals surface area contributed by atoms with E-state index in [1.165, 1.54) is 39.0 Å². The maximum absolute atomic E-state index is 2.32. The summed E-state index contributed by atoms with van der Waals surface area (Å²) in [6.07, 6.45) is 6.63. The van der Waals surface area contributed by atoms with E-state index in [-0.39, 0.29) is 0 Å². The highest BCUT2D eigenvalue weighted by Crippen LogP contribution is 2.29. The first-order valence-corrected chi connectivity index (χ1v) is 9.69. The molecule has 0 aliphatic rings. The summed E-state index contributed by atoms with van der Waals surface area (Å²) in [5.74, 6) is 0.518. The van der Waals surface area contributed by atoms with Crippen LogP contribution < -0.4 is 0 Å². The van der Waals surface area contributed by atoms with E-state index in [9.17, 15) is 0 Å². The number of rotatable bonds is 5. The van der Waals surface area contributed by atoms with Gasteiger partial charge in [0.25, 0.3) is 0 Å². The van der Waals surface area contributed by atoms with Gasteiger partial charge in [0.1, 0.15) is 0 Å². The Hall–Kier alpha value is -2.86. The Labute approximate surface area is 163 Å². The molecule has 3 aromatic carbocycles. The molecular weight excluding hydrogens is 324 g/mol. The molecule has 3 rings (SSSR count). The highest BCUT2D eigenvalue weighted by atomic mass is 14.1. The molecule has 0 aliphatic heterocycles. The fourth-order valence-corrected chi connectivity index (χ4v) is 3.29. The van der Waals surface area contributed by atoms with Crippen molar-refractivity contribution in [2.75, 3.05) is 0 Å². The Morgan fingerprint density at radius 1 is 0.741 bits per heavy atom. The minimum Gasteiger partial charge on any atom is -0.0871 e. The zero-order chi connectivity index (χ0) is 19.2. The molecule has 0 spiro atoms. The predicted octanol–water partition coefficient (Wildman–Crippen LogP) is 7.94. The predicted molar refractivity (Wildman–Crippen MR) is 120 cm³/mol. The van der Waals surface area contributed by atoms with Crippen molar-refractivity contribution in [2.24, 2.45) is 5.92 Å². The van der Waals surface area contributed by atoms with E-state index < -0.39 is 0 Å². The standard InChI is InChI=1S/C27H28/c1-5-8-23(17-20(2)3)25-10-7-12-27(19-25)26-11-6-9-24(18-26)22-15-13-21(4)14-16-22/h5-20H,1-4H3/b8-5-,23-17+. The monoisotopic (exact) mass is 352 g/mol. The van der Waals surface area contributed by atoms with Crippen molar-refractivity contribution in [1.82, 2.24) is 0 Å². The number of benzene rings is 3. The van der Waals surface area contributed by atoms with Gasteiger partial charge in [0, 0.05) is 0 Å². The van der Waals surface area contributed by atoms with Crippen LogP contribution in [0, 0.1) is 12.8 Å². The van der Waals surface area contributed by atoms with E-state index >= 15 is 0 Å². The normalized spacial score (nSPS) is 12.1. The number of hydrogen-bond acceptors (Lipinski definition) is 0. The highest BCUT2D eigenvalue weighted by molar-refractivity contribution is 5.79. The van der Waals surface area contributed by atoms with Gasteiger partial charge < -0.3 is 0 Å². The topological polar surface area (TPSA) is 0 Å². The maximum atomic E-state index is 2.32. The number of allylic oxidation sites excluding steroid dienone is 4. The van der Waals surface area contributed by atoms with Crippen molar-refractivity contribution in [3.05, 3.63) is 102 Å². The summed E-state index contributed by atoms with van der Waals surface area (Å²) in [7, 11) is 0. The molecule has 0 saturated carbocycles. The Kier molecular flexibility index (Phi) is 6.08. The van der Waals surface area contributed by atoms with Crippen LogP contribution in [0.15, 0.2) is 91.0 Å². The van der Waals surface area contributed by atoms with Crippen LogP contribution in [-0.2, 0) is 0 Å². The van der Waals surface area contributed by atoms with Gasteiger partial charge in [0.05, 0.1) is 0 Å².